The van der Waals surface area contributed by atoms with E-state index in [4.69, 9.17) is 10.5 Å². The van der Waals surface area contributed by atoms with Gasteiger partial charge in [0.05, 0.1) is 5.92 Å². The molecule has 7 heteroatoms. The van der Waals surface area contributed by atoms with Gasteiger partial charge in [0.15, 0.2) is 6.10 Å². The maximum atomic E-state index is 12.0. The van der Waals surface area contributed by atoms with Gasteiger partial charge < -0.3 is 15.8 Å². The molecule has 2 unspecified atom stereocenters. The highest BCUT2D eigenvalue weighted by Gasteiger charge is 2.24. The van der Waals surface area contributed by atoms with Crippen LogP contribution < -0.4 is 16.4 Å². The van der Waals surface area contributed by atoms with E-state index in [0.717, 1.165) is 0 Å². The van der Waals surface area contributed by atoms with Gasteiger partial charge in [-0.15, -0.1) is 0 Å². The SMILES string of the molecule is CNC(=O)NC(=O)C(C)OC(=O)C(C)c1cccc(N)c1. The summed E-state index contributed by atoms with van der Waals surface area (Å²) in [5.74, 6) is -1.83. The number of urea groups is 1. The van der Waals surface area contributed by atoms with Crippen molar-refractivity contribution in [2.75, 3.05) is 12.8 Å². The normalized spacial score (nSPS) is 12.9. The van der Waals surface area contributed by atoms with Gasteiger partial charge in [-0.2, -0.15) is 0 Å². The molecule has 0 aliphatic carbocycles. The van der Waals surface area contributed by atoms with Crippen LogP contribution in [0, 0.1) is 0 Å². The zero-order valence-corrected chi connectivity index (χ0v) is 12.2. The number of carbonyl (C=O) groups is 3. The molecule has 1 aromatic carbocycles. The Labute approximate surface area is 122 Å². The van der Waals surface area contributed by atoms with Crippen molar-refractivity contribution in [3.8, 4) is 0 Å². The molecule has 0 aliphatic rings. The highest BCUT2D eigenvalue weighted by atomic mass is 16.5. The second-order valence-corrected chi connectivity index (χ2v) is 4.54. The molecule has 114 valence electrons. The molecule has 0 saturated heterocycles. The predicted octanol–water partition coefficient (Wildman–Crippen LogP) is 0.760. The largest absolute Gasteiger partial charge is 0.452 e. The molecule has 0 spiro atoms. The van der Waals surface area contributed by atoms with E-state index in [9.17, 15) is 14.4 Å². The Balaban J connectivity index is 2.63. The van der Waals surface area contributed by atoms with E-state index in [0.29, 0.717) is 11.3 Å². The first-order valence-electron chi connectivity index (χ1n) is 6.43. The van der Waals surface area contributed by atoms with E-state index < -0.39 is 29.9 Å². The summed E-state index contributed by atoms with van der Waals surface area (Å²) < 4.78 is 5.04. The second kappa shape index (κ2) is 7.28. The quantitative estimate of drug-likeness (QED) is 0.560. The molecule has 4 N–H and O–H groups in total. The maximum Gasteiger partial charge on any atom is 0.321 e. The lowest BCUT2D eigenvalue weighted by Crippen LogP contribution is -2.43. The number of imide groups is 1. The standard InChI is InChI=1S/C14H19N3O4/c1-8(10-5-4-6-11(15)7-10)13(19)21-9(2)12(18)17-14(20)16-3/h4-9H,15H2,1-3H3,(H2,16,17,18,20). The van der Waals surface area contributed by atoms with Crippen LogP contribution in [0.3, 0.4) is 0 Å². The van der Waals surface area contributed by atoms with Crippen LogP contribution in [0.5, 0.6) is 0 Å². The first-order valence-corrected chi connectivity index (χ1v) is 6.43. The number of nitrogens with two attached hydrogens (primary N) is 1. The molecule has 1 rings (SSSR count). The first-order chi connectivity index (χ1) is 9.85. The number of esters is 1. The Kier molecular flexibility index (Phi) is 5.71. The molecular formula is C14H19N3O4. The number of nitrogens with one attached hydrogen (secondary N) is 2. The Hall–Kier alpha value is -2.57. The van der Waals surface area contributed by atoms with E-state index >= 15 is 0 Å². The fourth-order valence-corrected chi connectivity index (χ4v) is 1.57. The van der Waals surface area contributed by atoms with E-state index in [-0.39, 0.29) is 0 Å². The van der Waals surface area contributed by atoms with Crippen molar-refractivity contribution < 1.29 is 19.1 Å². The van der Waals surface area contributed by atoms with Crippen LogP contribution in [-0.2, 0) is 14.3 Å². The van der Waals surface area contributed by atoms with Crippen LogP contribution in [0.2, 0.25) is 0 Å². The lowest BCUT2D eigenvalue weighted by atomic mass is 10.0. The minimum Gasteiger partial charge on any atom is -0.452 e. The van der Waals surface area contributed by atoms with Gasteiger partial charge in [-0.3, -0.25) is 14.9 Å². The second-order valence-electron chi connectivity index (χ2n) is 4.54. The molecule has 0 saturated carbocycles. The summed E-state index contributed by atoms with van der Waals surface area (Å²) >= 11 is 0. The third-order valence-electron chi connectivity index (χ3n) is 2.89. The molecule has 0 radical (unpaired) electrons. The Morgan fingerprint density at radius 2 is 1.90 bits per heavy atom. The smallest absolute Gasteiger partial charge is 0.321 e. The molecule has 0 heterocycles. The minimum atomic E-state index is -1.07. The van der Waals surface area contributed by atoms with Gasteiger partial charge in [0.2, 0.25) is 0 Å². The molecule has 7 nitrogen and oxygen atoms in total. The van der Waals surface area contributed by atoms with Gasteiger partial charge in [-0.05, 0) is 31.5 Å². The van der Waals surface area contributed by atoms with E-state index in [2.05, 4.69) is 5.32 Å². The van der Waals surface area contributed by atoms with Gasteiger partial charge in [-0.1, -0.05) is 12.1 Å². The zero-order valence-electron chi connectivity index (χ0n) is 12.2. The van der Waals surface area contributed by atoms with Gasteiger partial charge in [0, 0.05) is 12.7 Å². The number of benzene rings is 1. The lowest BCUT2D eigenvalue weighted by molar-refractivity contribution is -0.155. The van der Waals surface area contributed by atoms with Crippen molar-refractivity contribution in [3.63, 3.8) is 0 Å². The van der Waals surface area contributed by atoms with Crippen LogP contribution in [0.25, 0.3) is 0 Å². The lowest BCUT2D eigenvalue weighted by Gasteiger charge is -2.16. The third kappa shape index (κ3) is 4.79. The fourth-order valence-electron chi connectivity index (χ4n) is 1.57. The topological polar surface area (TPSA) is 111 Å². The molecule has 0 fully saturated rings. The van der Waals surface area contributed by atoms with Crippen molar-refractivity contribution in [1.29, 1.82) is 0 Å². The molecule has 21 heavy (non-hydrogen) atoms. The number of carbonyl (C=O) groups excluding carboxylic acids is 3. The van der Waals surface area contributed by atoms with E-state index in [1.165, 1.54) is 14.0 Å². The summed E-state index contributed by atoms with van der Waals surface area (Å²) in [6, 6.07) is 6.20. The van der Waals surface area contributed by atoms with Gasteiger partial charge in [-0.25, -0.2) is 4.79 Å². The van der Waals surface area contributed by atoms with Crippen molar-refractivity contribution in [3.05, 3.63) is 29.8 Å². The number of amides is 3. The van der Waals surface area contributed by atoms with Crippen LogP contribution in [0.1, 0.15) is 25.3 Å². The third-order valence-corrected chi connectivity index (χ3v) is 2.89. The van der Waals surface area contributed by atoms with Crippen molar-refractivity contribution in [1.82, 2.24) is 10.6 Å². The zero-order chi connectivity index (χ0) is 16.0. The Morgan fingerprint density at radius 3 is 2.48 bits per heavy atom. The predicted molar refractivity (Wildman–Crippen MR) is 77.4 cm³/mol. The highest BCUT2D eigenvalue weighted by molar-refractivity contribution is 5.97. The van der Waals surface area contributed by atoms with Crippen molar-refractivity contribution in [2.24, 2.45) is 0 Å². The summed E-state index contributed by atoms with van der Waals surface area (Å²) in [6.07, 6.45) is -1.07. The monoisotopic (exact) mass is 293 g/mol. The van der Waals surface area contributed by atoms with Gasteiger partial charge in [0.25, 0.3) is 5.91 Å². The van der Waals surface area contributed by atoms with Crippen molar-refractivity contribution >= 4 is 23.6 Å². The van der Waals surface area contributed by atoms with E-state index in [1.54, 1.807) is 31.2 Å². The molecule has 0 aliphatic heterocycles. The minimum absolute atomic E-state index is 0.539. The Bertz CT molecular complexity index is 545. The first kappa shape index (κ1) is 16.5. The maximum absolute atomic E-state index is 12.0. The van der Waals surface area contributed by atoms with Crippen LogP contribution in [-0.4, -0.2) is 31.1 Å². The average Bonchev–Trinajstić information content (AvgIpc) is 2.45. The van der Waals surface area contributed by atoms with E-state index in [1.807, 2.05) is 5.32 Å². The number of hydrogen-bond acceptors (Lipinski definition) is 5. The number of hydrogen-bond donors (Lipinski definition) is 3. The van der Waals surface area contributed by atoms with Crippen LogP contribution in [0.15, 0.2) is 24.3 Å². The number of anilines is 1. The molecule has 0 aromatic heterocycles. The molecule has 1 aromatic rings. The average molecular weight is 293 g/mol. The summed E-state index contributed by atoms with van der Waals surface area (Å²) in [6.45, 7) is 3.04. The molecule has 0 bridgehead atoms. The summed E-state index contributed by atoms with van der Waals surface area (Å²) in [5, 5.41) is 4.27. The molecular weight excluding hydrogens is 274 g/mol. The summed E-state index contributed by atoms with van der Waals surface area (Å²) in [5.41, 5.74) is 6.89. The van der Waals surface area contributed by atoms with Gasteiger partial charge >= 0.3 is 12.0 Å². The number of ether oxygens (including phenoxy) is 1. The highest BCUT2D eigenvalue weighted by Crippen LogP contribution is 2.19. The molecule has 2 atom stereocenters. The Morgan fingerprint density at radius 1 is 1.24 bits per heavy atom. The van der Waals surface area contributed by atoms with Crippen LogP contribution in [0.4, 0.5) is 10.5 Å². The van der Waals surface area contributed by atoms with Crippen LogP contribution >= 0.6 is 0 Å². The van der Waals surface area contributed by atoms with Crippen molar-refractivity contribution in [2.45, 2.75) is 25.9 Å². The number of rotatable bonds is 4. The summed E-state index contributed by atoms with van der Waals surface area (Å²) in [4.78, 5) is 34.6. The molecule has 3 amide bonds. The van der Waals surface area contributed by atoms with Gasteiger partial charge in [0.1, 0.15) is 0 Å². The summed E-state index contributed by atoms with van der Waals surface area (Å²) in [7, 11) is 1.38. The fraction of sp³-hybridized carbons (Fsp3) is 0.357. The number of nitrogen functional groups attached to an aromatic ring is 1.